The molecule has 0 aromatic carbocycles. The molecular formula is C12H18FN3. The molecule has 1 heterocycles. The molecule has 0 atom stereocenters. The van der Waals surface area contributed by atoms with Crippen LogP contribution in [-0.4, -0.2) is 24.1 Å². The Morgan fingerprint density at radius 2 is 2.25 bits per heavy atom. The van der Waals surface area contributed by atoms with Gasteiger partial charge in [-0.3, -0.25) is 0 Å². The lowest BCUT2D eigenvalue weighted by Gasteiger charge is -2.38. The molecule has 0 saturated heterocycles. The normalized spacial score (nSPS) is 15.9. The van der Waals surface area contributed by atoms with Crippen molar-refractivity contribution in [3.8, 4) is 0 Å². The molecule has 16 heavy (non-hydrogen) atoms. The van der Waals surface area contributed by atoms with E-state index in [1.807, 2.05) is 0 Å². The summed E-state index contributed by atoms with van der Waals surface area (Å²) in [7, 11) is 0. The molecule has 1 aromatic heterocycles. The van der Waals surface area contributed by atoms with Crippen LogP contribution in [0.25, 0.3) is 0 Å². The lowest BCUT2D eigenvalue weighted by Crippen LogP contribution is -2.41. The summed E-state index contributed by atoms with van der Waals surface area (Å²) in [6.45, 7) is 1.60. The highest BCUT2D eigenvalue weighted by atomic mass is 19.1. The molecule has 0 amide bonds. The highest BCUT2D eigenvalue weighted by Crippen LogP contribution is 2.28. The Balaban J connectivity index is 2.07. The third kappa shape index (κ3) is 2.50. The van der Waals surface area contributed by atoms with Crippen molar-refractivity contribution < 1.29 is 4.39 Å². The fourth-order valence-corrected chi connectivity index (χ4v) is 1.98. The van der Waals surface area contributed by atoms with E-state index in [-0.39, 0.29) is 5.82 Å². The number of rotatable bonds is 5. The second-order valence-electron chi connectivity index (χ2n) is 4.25. The standard InChI is InChI=1S/C12H18FN3/c13-10-5-6-12(15-9-10)16(8-2-7-14)11-3-1-4-11/h5-6,9,11H,1-4,7-8,14H2. The van der Waals surface area contributed by atoms with Crippen LogP contribution >= 0.6 is 0 Å². The summed E-state index contributed by atoms with van der Waals surface area (Å²) in [6.07, 6.45) is 5.94. The lowest BCUT2D eigenvalue weighted by molar-refractivity contribution is 0.382. The second kappa shape index (κ2) is 5.25. The van der Waals surface area contributed by atoms with Gasteiger partial charge < -0.3 is 10.6 Å². The first-order valence-electron chi connectivity index (χ1n) is 5.89. The van der Waals surface area contributed by atoms with Gasteiger partial charge in [-0.25, -0.2) is 9.37 Å². The largest absolute Gasteiger partial charge is 0.354 e. The highest BCUT2D eigenvalue weighted by molar-refractivity contribution is 5.40. The van der Waals surface area contributed by atoms with Crippen LogP contribution in [-0.2, 0) is 0 Å². The monoisotopic (exact) mass is 223 g/mol. The number of aromatic nitrogens is 1. The molecule has 4 heteroatoms. The SMILES string of the molecule is NCCCN(c1ccc(F)cn1)C1CCC1. The van der Waals surface area contributed by atoms with Gasteiger partial charge in [0.1, 0.15) is 11.6 Å². The molecule has 0 aliphatic heterocycles. The Hall–Kier alpha value is -1.16. The predicted octanol–water partition coefficient (Wildman–Crippen LogP) is 1.93. The third-order valence-electron chi connectivity index (χ3n) is 3.12. The van der Waals surface area contributed by atoms with Crippen molar-refractivity contribution in [2.75, 3.05) is 18.0 Å². The zero-order chi connectivity index (χ0) is 11.4. The first-order chi connectivity index (χ1) is 7.81. The van der Waals surface area contributed by atoms with Crippen molar-refractivity contribution in [2.45, 2.75) is 31.7 Å². The molecule has 0 radical (unpaired) electrons. The summed E-state index contributed by atoms with van der Waals surface area (Å²) in [5, 5.41) is 0. The molecule has 1 aromatic rings. The topological polar surface area (TPSA) is 42.1 Å². The Morgan fingerprint density at radius 1 is 1.44 bits per heavy atom. The molecule has 2 rings (SSSR count). The summed E-state index contributed by atoms with van der Waals surface area (Å²) in [5.41, 5.74) is 5.53. The number of anilines is 1. The maximum absolute atomic E-state index is 12.8. The van der Waals surface area contributed by atoms with Crippen LogP contribution < -0.4 is 10.6 Å². The van der Waals surface area contributed by atoms with Gasteiger partial charge in [0.25, 0.3) is 0 Å². The number of nitrogens with two attached hydrogens (primary N) is 1. The third-order valence-corrected chi connectivity index (χ3v) is 3.12. The molecule has 1 aliphatic rings. The van der Waals surface area contributed by atoms with E-state index in [0.717, 1.165) is 18.8 Å². The minimum absolute atomic E-state index is 0.281. The maximum Gasteiger partial charge on any atom is 0.141 e. The van der Waals surface area contributed by atoms with Crippen molar-refractivity contribution in [2.24, 2.45) is 5.73 Å². The fraction of sp³-hybridized carbons (Fsp3) is 0.583. The average Bonchev–Trinajstić information content (AvgIpc) is 2.23. The van der Waals surface area contributed by atoms with Gasteiger partial charge in [-0.15, -0.1) is 0 Å². The Morgan fingerprint density at radius 3 is 2.75 bits per heavy atom. The van der Waals surface area contributed by atoms with Gasteiger partial charge in [0.15, 0.2) is 0 Å². The van der Waals surface area contributed by atoms with Crippen LogP contribution in [0.2, 0.25) is 0 Å². The minimum Gasteiger partial charge on any atom is -0.354 e. The van der Waals surface area contributed by atoms with Crippen molar-refractivity contribution in [3.05, 3.63) is 24.1 Å². The van der Waals surface area contributed by atoms with Gasteiger partial charge in [-0.1, -0.05) is 0 Å². The molecule has 2 N–H and O–H groups in total. The number of pyridine rings is 1. The maximum atomic E-state index is 12.8. The highest BCUT2D eigenvalue weighted by Gasteiger charge is 2.25. The number of halogens is 1. The summed E-state index contributed by atoms with van der Waals surface area (Å²) in [4.78, 5) is 6.40. The van der Waals surface area contributed by atoms with Crippen molar-refractivity contribution in [1.82, 2.24) is 4.98 Å². The van der Waals surface area contributed by atoms with E-state index >= 15 is 0 Å². The molecular weight excluding hydrogens is 205 g/mol. The van der Waals surface area contributed by atoms with E-state index in [2.05, 4.69) is 9.88 Å². The number of hydrogen-bond acceptors (Lipinski definition) is 3. The number of nitrogens with zero attached hydrogens (tertiary/aromatic N) is 2. The van der Waals surface area contributed by atoms with Crippen LogP contribution in [0, 0.1) is 5.82 Å². The first-order valence-corrected chi connectivity index (χ1v) is 5.89. The molecule has 3 nitrogen and oxygen atoms in total. The van der Waals surface area contributed by atoms with Crippen molar-refractivity contribution >= 4 is 5.82 Å². The molecule has 0 bridgehead atoms. The molecule has 1 saturated carbocycles. The molecule has 0 unspecified atom stereocenters. The van der Waals surface area contributed by atoms with Crippen LogP contribution in [0.4, 0.5) is 10.2 Å². The quantitative estimate of drug-likeness (QED) is 0.829. The zero-order valence-electron chi connectivity index (χ0n) is 9.40. The predicted molar refractivity (Wildman–Crippen MR) is 62.9 cm³/mol. The molecule has 1 aliphatic carbocycles. The van der Waals surface area contributed by atoms with E-state index < -0.39 is 0 Å². The van der Waals surface area contributed by atoms with E-state index in [0.29, 0.717) is 12.6 Å². The Labute approximate surface area is 95.5 Å². The van der Waals surface area contributed by atoms with Gasteiger partial charge >= 0.3 is 0 Å². The number of hydrogen-bond donors (Lipinski definition) is 1. The van der Waals surface area contributed by atoms with Crippen molar-refractivity contribution in [3.63, 3.8) is 0 Å². The fourth-order valence-electron chi connectivity index (χ4n) is 1.98. The van der Waals surface area contributed by atoms with E-state index in [9.17, 15) is 4.39 Å². The molecule has 0 spiro atoms. The van der Waals surface area contributed by atoms with Crippen molar-refractivity contribution in [1.29, 1.82) is 0 Å². The zero-order valence-corrected chi connectivity index (χ0v) is 9.40. The van der Waals surface area contributed by atoms with E-state index in [1.54, 1.807) is 6.07 Å². The summed E-state index contributed by atoms with van der Waals surface area (Å²) < 4.78 is 12.8. The lowest BCUT2D eigenvalue weighted by atomic mass is 9.91. The van der Waals surface area contributed by atoms with Crippen LogP contribution in [0.15, 0.2) is 18.3 Å². The minimum atomic E-state index is -0.281. The molecule has 88 valence electrons. The Kier molecular flexibility index (Phi) is 3.72. The smallest absolute Gasteiger partial charge is 0.141 e. The average molecular weight is 223 g/mol. The summed E-state index contributed by atoms with van der Waals surface area (Å²) in [5.74, 6) is 0.593. The van der Waals surface area contributed by atoms with Gasteiger partial charge in [0.2, 0.25) is 0 Å². The van der Waals surface area contributed by atoms with Gasteiger partial charge in [0.05, 0.1) is 6.20 Å². The van der Waals surface area contributed by atoms with Crippen LogP contribution in [0.1, 0.15) is 25.7 Å². The molecule has 1 fully saturated rings. The second-order valence-corrected chi connectivity index (χ2v) is 4.25. The summed E-state index contributed by atoms with van der Waals surface area (Å²) in [6, 6.07) is 3.80. The van der Waals surface area contributed by atoms with Gasteiger partial charge in [-0.05, 0) is 44.4 Å². The van der Waals surface area contributed by atoms with Gasteiger partial charge in [0, 0.05) is 12.6 Å². The summed E-state index contributed by atoms with van der Waals surface area (Å²) >= 11 is 0. The van der Waals surface area contributed by atoms with E-state index in [4.69, 9.17) is 5.73 Å². The van der Waals surface area contributed by atoms with Crippen LogP contribution in [0.5, 0.6) is 0 Å². The Bertz CT molecular complexity index is 322. The van der Waals surface area contributed by atoms with Gasteiger partial charge in [-0.2, -0.15) is 0 Å². The first kappa shape index (κ1) is 11.3. The van der Waals surface area contributed by atoms with E-state index in [1.165, 1.54) is 31.5 Å². The van der Waals surface area contributed by atoms with Crippen LogP contribution in [0.3, 0.4) is 0 Å².